The molecule has 2 rings (SSSR count). The summed E-state index contributed by atoms with van der Waals surface area (Å²) >= 11 is 0. The van der Waals surface area contributed by atoms with Crippen molar-refractivity contribution in [3.63, 3.8) is 0 Å². The molecule has 1 N–H and O–H groups in total. The summed E-state index contributed by atoms with van der Waals surface area (Å²) in [5, 5.41) is 9.70. The standard InChI is InChI=1S/C14H24N2O3/c1-10-9-16(8-5-13(10)18)14(19)12-3-6-15(7-4-12)11(2)17/h10,12-13,18H,3-9H2,1-2H3. The van der Waals surface area contributed by atoms with Gasteiger partial charge in [0.25, 0.3) is 0 Å². The smallest absolute Gasteiger partial charge is 0.225 e. The number of aliphatic hydroxyl groups is 1. The zero-order valence-electron chi connectivity index (χ0n) is 11.8. The van der Waals surface area contributed by atoms with Crippen LogP contribution in [0, 0.1) is 11.8 Å². The highest BCUT2D eigenvalue weighted by molar-refractivity contribution is 5.79. The molecule has 0 radical (unpaired) electrons. The lowest BCUT2D eigenvalue weighted by molar-refractivity contribution is -0.142. The van der Waals surface area contributed by atoms with Gasteiger partial charge in [0.15, 0.2) is 0 Å². The van der Waals surface area contributed by atoms with E-state index in [2.05, 4.69) is 0 Å². The van der Waals surface area contributed by atoms with Crippen LogP contribution in [0.25, 0.3) is 0 Å². The minimum atomic E-state index is -0.274. The number of amides is 2. The molecule has 2 atom stereocenters. The Morgan fingerprint density at radius 1 is 1.05 bits per heavy atom. The summed E-state index contributed by atoms with van der Waals surface area (Å²) in [4.78, 5) is 27.4. The minimum Gasteiger partial charge on any atom is -0.393 e. The summed E-state index contributed by atoms with van der Waals surface area (Å²) in [5.41, 5.74) is 0. The van der Waals surface area contributed by atoms with Crippen LogP contribution in [0.1, 0.15) is 33.1 Å². The molecule has 2 fully saturated rings. The number of hydrogen-bond acceptors (Lipinski definition) is 3. The van der Waals surface area contributed by atoms with E-state index in [1.54, 1.807) is 6.92 Å². The van der Waals surface area contributed by atoms with Gasteiger partial charge in [-0.15, -0.1) is 0 Å². The highest BCUT2D eigenvalue weighted by atomic mass is 16.3. The van der Waals surface area contributed by atoms with Crippen molar-refractivity contribution in [1.82, 2.24) is 9.80 Å². The summed E-state index contributed by atoms with van der Waals surface area (Å²) in [6, 6.07) is 0. The molecule has 2 aliphatic heterocycles. The number of carbonyl (C=O) groups excluding carboxylic acids is 2. The molecule has 0 aliphatic carbocycles. The summed E-state index contributed by atoms with van der Waals surface area (Å²) in [5.74, 6) is 0.524. The number of aliphatic hydroxyl groups excluding tert-OH is 1. The molecule has 5 nitrogen and oxygen atoms in total. The Hall–Kier alpha value is -1.10. The van der Waals surface area contributed by atoms with Gasteiger partial charge in [-0.05, 0) is 25.2 Å². The quantitative estimate of drug-likeness (QED) is 0.752. The van der Waals surface area contributed by atoms with Gasteiger partial charge in [-0.1, -0.05) is 6.92 Å². The van der Waals surface area contributed by atoms with Crippen molar-refractivity contribution in [2.24, 2.45) is 11.8 Å². The maximum Gasteiger partial charge on any atom is 0.225 e. The second kappa shape index (κ2) is 5.90. The molecule has 5 heteroatoms. The van der Waals surface area contributed by atoms with Crippen LogP contribution in [0.4, 0.5) is 0 Å². The number of hydrogen-bond donors (Lipinski definition) is 1. The average molecular weight is 268 g/mol. The summed E-state index contributed by atoms with van der Waals surface area (Å²) in [6.07, 6.45) is 1.94. The number of piperidine rings is 2. The lowest BCUT2D eigenvalue weighted by atomic mass is 9.91. The molecule has 0 bridgehead atoms. The molecule has 0 aromatic heterocycles. The molecule has 2 saturated heterocycles. The van der Waals surface area contributed by atoms with Crippen LogP contribution in [-0.4, -0.2) is 59.0 Å². The highest BCUT2D eigenvalue weighted by Crippen LogP contribution is 2.23. The molecule has 0 aromatic rings. The highest BCUT2D eigenvalue weighted by Gasteiger charge is 2.33. The molecule has 19 heavy (non-hydrogen) atoms. The van der Waals surface area contributed by atoms with Gasteiger partial charge in [0.2, 0.25) is 11.8 Å². The topological polar surface area (TPSA) is 60.9 Å². The fourth-order valence-electron chi connectivity index (χ4n) is 3.03. The van der Waals surface area contributed by atoms with Crippen LogP contribution >= 0.6 is 0 Å². The van der Waals surface area contributed by atoms with Crippen LogP contribution in [0.2, 0.25) is 0 Å². The third-order valence-electron chi connectivity index (χ3n) is 4.46. The van der Waals surface area contributed by atoms with Crippen molar-refractivity contribution >= 4 is 11.8 Å². The lowest BCUT2D eigenvalue weighted by Crippen LogP contribution is -2.49. The average Bonchev–Trinajstić information content (AvgIpc) is 2.41. The van der Waals surface area contributed by atoms with Crippen LogP contribution in [-0.2, 0) is 9.59 Å². The first kappa shape index (κ1) is 14.3. The number of carbonyl (C=O) groups is 2. The molecular weight excluding hydrogens is 244 g/mol. The van der Waals surface area contributed by atoms with E-state index < -0.39 is 0 Å². The number of nitrogens with zero attached hydrogens (tertiary/aromatic N) is 2. The van der Waals surface area contributed by atoms with E-state index in [-0.39, 0.29) is 29.8 Å². The third-order valence-corrected chi connectivity index (χ3v) is 4.46. The first-order chi connectivity index (χ1) is 8.99. The molecule has 2 amide bonds. The molecule has 0 spiro atoms. The Bertz CT molecular complexity index is 351. The van der Waals surface area contributed by atoms with E-state index in [0.29, 0.717) is 32.6 Å². The molecule has 0 aromatic carbocycles. The fourth-order valence-corrected chi connectivity index (χ4v) is 3.03. The van der Waals surface area contributed by atoms with Crippen LogP contribution < -0.4 is 0 Å². The third kappa shape index (κ3) is 3.26. The van der Waals surface area contributed by atoms with E-state index in [1.165, 1.54) is 0 Å². The second-order valence-electron chi connectivity index (χ2n) is 5.90. The molecule has 0 saturated carbocycles. The van der Waals surface area contributed by atoms with Crippen molar-refractivity contribution < 1.29 is 14.7 Å². The lowest BCUT2D eigenvalue weighted by Gasteiger charge is -2.38. The van der Waals surface area contributed by atoms with Gasteiger partial charge in [-0.25, -0.2) is 0 Å². The van der Waals surface area contributed by atoms with E-state index in [9.17, 15) is 14.7 Å². The van der Waals surface area contributed by atoms with Crippen molar-refractivity contribution in [1.29, 1.82) is 0 Å². The zero-order chi connectivity index (χ0) is 14.0. The SMILES string of the molecule is CC(=O)N1CCC(C(=O)N2CCC(O)C(C)C2)CC1. The van der Waals surface area contributed by atoms with Gasteiger partial charge >= 0.3 is 0 Å². The first-order valence-corrected chi connectivity index (χ1v) is 7.21. The van der Waals surface area contributed by atoms with Crippen molar-refractivity contribution in [3.8, 4) is 0 Å². The second-order valence-corrected chi connectivity index (χ2v) is 5.90. The van der Waals surface area contributed by atoms with Gasteiger partial charge in [0.05, 0.1) is 6.10 Å². The fraction of sp³-hybridized carbons (Fsp3) is 0.857. The van der Waals surface area contributed by atoms with Crippen LogP contribution in [0.5, 0.6) is 0 Å². The maximum atomic E-state index is 12.4. The zero-order valence-corrected chi connectivity index (χ0v) is 11.8. The van der Waals surface area contributed by atoms with E-state index in [0.717, 1.165) is 12.8 Å². The van der Waals surface area contributed by atoms with Crippen molar-refractivity contribution in [3.05, 3.63) is 0 Å². The molecule has 2 heterocycles. The normalized spacial score (nSPS) is 29.4. The Morgan fingerprint density at radius 3 is 2.16 bits per heavy atom. The predicted octanol–water partition coefficient (Wildman–Crippen LogP) is 0.474. The van der Waals surface area contributed by atoms with Crippen molar-refractivity contribution in [2.75, 3.05) is 26.2 Å². The minimum absolute atomic E-state index is 0.0537. The Morgan fingerprint density at radius 2 is 1.63 bits per heavy atom. The van der Waals surface area contributed by atoms with Gasteiger partial charge in [0, 0.05) is 39.0 Å². The molecule has 108 valence electrons. The molecule has 2 aliphatic rings. The monoisotopic (exact) mass is 268 g/mol. The van der Waals surface area contributed by atoms with E-state index >= 15 is 0 Å². The van der Waals surface area contributed by atoms with Gasteiger partial charge in [-0.2, -0.15) is 0 Å². The summed E-state index contributed by atoms with van der Waals surface area (Å²) < 4.78 is 0. The first-order valence-electron chi connectivity index (χ1n) is 7.21. The molecular formula is C14H24N2O3. The van der Waals surface area contributed by atoms with Crippen LogP contribution in [0.15, 0.2) is 0 Å². The van der Waals surface area contributed by atoms with Gasteiger partial charge in [0.1, 0.15) is 0 Å². The van der Waals surface area contributed by atoms with Gasteiger partial charge < -0.3 is 14.9 Å². The Kier molecular flexibility index (Phi) is 4.45. The summed E-state index contributed by atoms with van der Waals surface area (Å²) in [7, 11) is 0. The maximum absolute atomic E-state index is 12.4. The number of rotatable bonds is 1. The number of likely N-dealkylation sites (tertiary alicyclic amines) is 2. The Balaban J connectivity index is 1.86. The van der Waals surface area contributed by atoms with Gasteiger partial charge in [-0.3, -0.25) is 9.59 Å². The summed E-state index contributed by atoms with van der Waals surface area (Å²) in [6.45, 7) is 6.28. The largest absolute Gasteiger partial charge is 0.393 e. The predicted molar refractivity (Wildman–Crippen MR) is 71.3 cm³/mol. The van der Waals surface area contributed by atoms with E-state index in [4.69, 9.17) is 0 Å². The molecule has 2 unspecified atom stereocenters. The van der Waals surface area contributed by atoms with Crippen molar-refractivity contribution in [2.45, 2.75) is 39.2 Å². The van der Waals surface area contributed by atoms with E-state index in [1.807, 2.05) is 16.7 Å². The Labute approximate surface area is 114 Å². The van der Waals surface area contributed by atoms with Crippen LogP contribution in [0.3, 0.4) is 0 Å².